The van der Waals surface area contributed by atoms with E-state index in [0.717, 1.165) is 55.6 Å². The number of piperidine rings is 1. The maximum absolute atomic E-state index is 12.8. The van der Waals surface area contributed by atoms with Crippen LogP contribution in [0.25, 0.3) is 11.0 Å². The van der Waals surface area contributed by atoms with Crippen molar-refractivity contribution >= 4 is 40.0 Å². The molecule has 0 aliphatic carbocycles. The second-order valence-corrected chi connectivity index (χ2v) is 8.61. The SMILES string of the molecule is O=C(c1ccc2nsnc2c1)N1CCC(N2CCc3sccc3C2)CC1. The maximum atomic E-state index is 12.8. The van der Waals surface area contributed by atoms with Gasteiger partial charge in [-0.15, -0.1) is 11.3 Å². The number of rotatable bonds is 2. The van der Waals surface area contributed by atoms with Crippen molar-refractivity contribution in [1.82, 2.24) is 18.5 Å². The molecule has 0 N–H and O–H groups in total. The van der Waals surface area contributed by atoms with E-state index in [1.165, 1.54) is 23.7 Å². The Kier molecular flexibility index (Phi) is 4.23. The zero-order valence-electron chi connectivity index (χ0n) is 14.4. The van der Waals surface area contributed by atoms with Crippen LogP contribution in [-0.2, 0) is 13.0 Å². The zero-order valence-corrected chi connectivity index (χ0v) is 16.1. The quantitative estimate of drug-likeness (QED) is 0.679. The molecule has 4 heterocycles. The smallest absolute Gasteiger partial charge is 0.253 e. The molecule has 2 aliphatic heterocycles. The van der Waals surface area contributed by atoms with E-state index in [0.29, 0.717) is 6.04 Å². The lowest BCUT2D eigenvalue weighted by Crippen LogP contribution is -2.47. The number of carbonyl (C=O) groups is 1. The summed E-state index contributed by atoms with van der Waals surface area (Å²) in [5, 5.41) is 2.21. The summed E-state index contributed by atoms with van der Waals surface area (Å²) in [7, 11) is 0. The minimum atomic E-state index is 0.122. The van der Waals surface area contributed by atoms with Gasteiger partial charge in [0.1, 0.15) is 11.0 Å². The number of carbonyl (C=O) groups excluding carboxylic acids is 1. The highest BCUT2D eigenvalue weighted by Gasteiger charge is 2.29. The Hall–Kier alpha value is -1.83. The van der Waals surface area contributed by atoms with Gasteiger partial charge in [0, 0.05) is 42.7 Å². The Bertz CT molecular complexity index is 942. The predicted octanol–water partition coefficient (Wildman–Crippen LogP) is 3.42. The predicted molar refractivity (Wildman–Crippen MR) is 105 cm³/mol. The molecule has 1 saturated heterocycles. The highest BCUT2D eigenvalue weighted by Crippen LogP contribution is 2.28. The summed E-state index contributed by atoms with van der Waals surface area (Å²) in [6.07, 6.45) is 3.30. The Morgan fingerprint density at radius 2 is 1.92 bits per heavy atom. The van der Waals surface area contributed by atoms with Crippen LogP contribution in [0.3, 0.4) is 0 Å². The first-order valence-corrected chi connectivity index (χ1v) is 10.7. The van der Waals surface area contributed by atoms with Crippen LogP contribution in [0.4, 0.5) is 0 Å². The van der Waals surface area contributed by atoms with E-state index in [2.05, 4.69) is 25.1 Å². The summed E-state index contributed by atoms with van der Waals surface area (Å²) in [6, 6.07) is 8.51. The third kappa shape index (κ3) is 2.94. The van der Waals surface area contributed by atoms with Crippen LogP contribution in [-0.4, -0.2) is 50.1 Å². The van der Waals surface area contributed by atoms with Crippen molar-refractivity contribution in [2.45, 2.75) is 31.8 Å². The zero-order chi connectivity index (χ0) is 17.5. The van der Waals surface area contributed by atoms with Gasteiger partial charge in [-0.25, -0.2) is 0 Å². The van der Waals surface area contributed by atoms with Gasteiger partial charge in [-0.2, -0.15) is 8.75 Å². The van der Waals surface area contributed by atoms with Gasteiger partial charge in [-0.3, -0.25) is 9.69 Å². The first-order valence-electron chi connectivity index (χ1n) is 9.09. The fourth-order valence-electron chi connectivity index (χ4n) is 4.11. The second kappa shape index (κ2) is 6.72. The number of thiophene rings is 1. The summed E-state index contributed by atoms with van der Waals surface area (Å²) in [4.78, 5) is 19.0. The Morgan fingerprint density at radius 3 is 2.81 bits per heavy atom. The van der Waals surface area contributed by atoms with Crippen LogP contribution in [0.5, 0.6) is 0 Å². The molecule has 0 radical (unpaired) electrons. The molecule has 134 valence electrons. The fraction of sp³-hybridized carbons (Fsp3) is 0.421. The molecule has 1 fully saturated rings. The highest BCUT2D eigenvalue weighted by molar-refractivity contribution is 7.10. The topological polar surface area (TPSA) is 49.3 Å². The van der Waals surface area contributed by atoms with Crippen LogP contribution < -0.4 is 0 Å². The molecule has 0 atom stereocenters. The molecule has 5 nitrogen and oxygen atoms in total. The standard InChI is InChI=1S/C19H20N4OS2/c24-19(13-1-2-16-17(11-13)21-26-20-16)22-7-3-15(4-8-22)23-9-5-18-14(12-23)6-10-25-18/h1-2,6,10-11,15H,3-5,7-9,12H2. The number of hydrogen-bond donors (Lipinski definition) is 0. The minimum Gasteiger partial charge on any atom is -0.339 e. The molecule has 1 amide bonds. The molecule has 0 spiro atoms. The fourth-order valence-corrected chi connectivity index (χ4v) is 5.52. The molecule has 0 unspecified atom stereocenters. The average molecular weight is 385 g/mol. The van der Waals surface area contributed by atoms with Gasteiger partial charge in [0.25, 0.3) is 5.91 Å². The van der Waals surface area contributed by atoms with E-state index < -0.39 is 0 Å². The van der Waals surface area contributed by atoms with Crippen LogP contribution in [0.15, 0.2) is 29.6 Å². The van der Waals surface area contributed by atoms with Crippen molar-refractivity contribution in [2.75, 3.05) is 19.6 Å². The van der Waals surface area contributed by atoms with E-state index in [1.54, 1.807) is 4.88 Å². The summed E-state index contributed by atoms with van der Waals surface area (Å²) < 4.78 is 8.45. The summed E-state index contributed by atoms with van der Waals surface area (Å²) in [5.41, 5.74) is 3.91. The van der Waals surface area contributed by atoms with E-state index in [9.17, 15) is 4.79 Å². The van der Waals surface area contributed by atoms with Crippen molar-refractivity contribution in [3.63, 3.8) is 0 Å². The maximum Gasteiger partial charge on any atom is 0.253 e. The minimum absolute atomic E-state index is 0.122. The molecule has 2 aromatic heterocycles. The lowest BCUT2D eigenvalue weighted by Gasteiger charge is -2.40. The monoisotopic (exact) mass is 384 g/mol. The molecule has 7 heteroatoms. The molecule has 5 rings (SSSR count). The van der Waals surface area contributed by atoms with Crippen molar-refractivity contribution in [1.29, 1.82) is 0 Å². The average Bonchev–Trinajstić information content (AvgIpc) is 3.35. The van der Waals surface area contributed by atoms with E-state index in [4.69, 9.17) is 0 Å². The van der Waals surface area contributed by atoms with E-state index >= 15 is 0 Å². The lowest BCUT2D eigenvalue weighted by atomic mass is 9.99. The van der Waals surface area contributed by atoms with Gasteiger partial charge in [0.05, 0.1) is 11.7 Å². The molecule has 1 aromatic carbocycles. The largest absolute Gasteiger partial charge is 0.339 e. The number of fused-ring (bicyclic) bond motifs is 2. The summed E-state index contributed by atoms with van der Waals surface area (Å²) in [5.74, 6) is 0.122. The Labute approximate surface area is 160 Å². The van der Waals surface area contributed by atoms with Crippen molar-refractivity contribution in [3.8, 4) is 0 Å². The third-order valence-electron chi connectivity index (χ3n) is 5.61. The van der Waals surface area contributed by atoms with Crippen LogP contribution >= 0.6 is 23.1 Å². The Morgan fingerprint density at radius 1 is 1.08 bits per heavy atom. The van der Waals surface area contributed by atoms with Crippen molar-refractivity contribution < 1.29 is 4.79 Å². The van der Waals surface area contributed by atoms with E-state index in [1.807, 2.05) is 34.4 Å². The van der Waals surface area contributed by atoms with Crippen molar-refractivity contribution in [2.24, 2.45) is 0 Å². The van der Waals surface area contributed by atoms with Gasteiger partial charge in [0.15, 0.2) is 0 Å². The third-order valence-corrected chi connectivity index (χ3v) is 7.19. The molecular formula is C19H20N4OS2. The van der Waals surface area contributed by atoms with Gasteiger partial charge < -0.3 is 4.90 Å². The summed E-state index contributed by atoms with van der Waals surface area (Å²) in [6.45, 7) is 3.90. The first-order chi connectivity index (χ1) is 12.8. The molecule has 26 heavy (non-hydrogen) atoms. The second-order valence-electron chi connectivity index (χ2n) is 7.08. The molecule has 0 saturated carbocycles. The van der Waals surface area contributed by atoms with Crippen molar-refractivity contribution in [3.05, 3.63) is 45.6 Å². The highest BCUT2D eigenvalue weighted by atomic mass is 32.1. The molecule has 3 aromatic rings. The number of likely N-dealkylation sites (tertiary alicyclic amines) is 1. The number of hydrogen-bond acceptors (Lipinski definition) is 6. The van der Waals surface area contributed by atoms with Gasteiger partial charge in [0.2, 0.25) is 0 Å². The molecule has 2 aliphatic rings. The van der Waals surface area contributed by atoms with Gasteiger partial charge in [-0.05, 0) is 54.5 Å². The number of amides is 1. The normalized spacial score (nSPS) is 19.0. The van der Waals surface area contributed by atoms with Gasteiger partial charge in [-0.1, -0.05) is 0 Å². The number of benzene rings is 1. The molecule has 0 bridgehead atoms. The van der Waals surface area contributed by atoms with Crippen LogP contribution in [0, 0.1) is 0 Å². The number of aromatic nitrogens is 2. The lowest BCUT2D eigenvalue weighted by molar-refractivity contribution is 0.0600. The van der Waals surface area contributed by atoms with Gasteiger partial charge >= 0.3 is 0 Å². The Balaban J connectivity index is 1.23. The van der Waals surface area contributed by atoms with Crippen LogP contribution in [0.2, 0.25) is 0 Å². The van der Waals surface area contributed by atoms with E-state index in [-0.39, 0.29) is 5.91 Å². The summed E-state index contributed by atoms with van der Waals surface area (Å²) >= 11 is 3.08. The van der Waals surface area contributed by atoms with Crippen LogP contribution in [0.1, 0.15) is 33.6 Å². The molecular weight excluding hydrogens is 364 g/mol. The first kappa shape index (κ1) is 16.4. The number of nitrogens with zero attached hydrogens (tertiary/aromatic N) is 4.